The van der Waals surface area contributed by atoms with Gasteiger partial charge in [-0.3, -0.25) is 0 Å². The maximum Gasteiger partial charge on any atom is 0.225 e. The van der Waals surface area contributed by atoms with Gasteiger partial charge in [-0.25, -0.2) is 9.97 Å². The molecule has 0 aromatic carbocycles. The van der Waals surface area contributed by atoms with Gasteiger partial charge in [0.1, 0.15) is 5.52 Å². The molecule has 0 spiro atoms. The fraction of sp³-hybridized carbons (Fsp3) is 0.444. The van der Waals surface area contributed by atoms with Gasteiger partial charge in [0.15, 0.2) is 5.65 Å². The van der Waals surface area contributed by atoms with Crippen molar-refractivity contribution in [3.63, 3.8) is 0 Å². The van der Waals surface area contributed by atoms with E-state index >= 15 is 0 Å². The van der Waals surface area contributed by atoms with Gasteiger partial charge in [-0.05, 0) is 6.92 Å². The third kappa shape index (κ3) is 1.75. The van der Waals surface area contributed by atoms with Crippen LogP contribution in [0.1, 0.15) is 5.69 Å². The van der Waals surface area contributed by atoms with Crippen LogP contribution < -0.4 is 11.1 Å². The molecule has 0 fully saturated rings. The first-order valence-electron chi connectivity index (χ1n) is 4.82. The van der Waals surface area contributed by atoms with Crippen LogP contribution >= 0.6 is 0 Å². The van der Waals surface area contributed by atoms with E-state index in [9.17, 15) is 0 Å². The average molecular weight is 206 g/mol. The van der Waals surface area contributed by atoms with Gasteiger partial charge in [0.25, 0.3) is 0 Å². The van der Waals surface area contributed by atoms with Crippen molar-refractivity contribution in [2.45, 2.75) is 6.92 Å². The molecule has 0 aliphatic rings. The third-order valence-electron chi connectivity index (χ3n) is 2.16. The van der Waals surface area contributed by atoms with Gasteiger partial charge < -0.3 is 15.6 Å². The zero-order valence-electron chi connectivity index (χ0n) is 8.86. The molecule has 0 saturated carbocycles. The molecule has 2 rings (SSSR count). The summed E-state index contributed by atoms with van der Waals surface area (Å²) in [6.07, 6.45) is 1.74. The number of nitrogens with one attached hydrogen (secondary N) is 1. The van der Waals surface area contributed by atoms with E-state index in [2.05, 4.69) is 20.3 Å². The first-order valence-corrected chi connectivity index (χ1v) is 4.82. The Balaban J connectivity index is 2.45. The van der Waals surface area contributed by atoms with E-state index in [0.29, 0.717) is 19.0 Å². The highest BCUT2D eigenvalue weighted by molar-refractivity contribution is 5.74. The van der Waals surface area contributed by atoms with Crippen LogP contribution in [0.2, 0.25) is 0 Å². The van der Waals surface area contributed by atoms with E-state index in [1.165, 1.54) is 0 Å². The molecule has 0 aliphatic heterocycles. The van der Waals surface area contributed by atoms with Crippen LogP contribution in [0.15, 0.2) is 6.33 Å². The van der Waals surface area contributed by atoms with Crippen LogP contribution in [0.5, 0.6) is 0 Å². The Bertz CT molecular complexity index is 475. The topological polar surface area (TPSA) is 81.7 Å². The predicted octanol–water partition coefficient (Wildman–Crippen LogP) is 0.0423. The maximum atomic E-state index is 5.40. The van der Waals surface area contributed by atoms with Gasteiger partial charge in [-0.2, -0.15) is 4.98 Å². The zero-order chi connectivity index (χ0) is 10.8. The minimum absolute atomic E-state index is 0.561. The molecule has 3 N–H and O–H groups in total. The smallest absolute Gasteiger partial charge is 0.225 e. The normalized spacial score (nSPS) is 10.9. The van der Waals surface area contributed by atoms with Gasteiger partial charge in [-0.1, -0.05) is 0 Å². The van der Waals surface area contributed by atoms with Crippen molar-refractivity contribution in [2.24, 2.45) is 12.8 Å². The molecular weight excluding hydrogens is 192 g/mol. The molecule has 6 nitrogen and oxygen atoms in total. The number of aryl methyl sites for hydroxylation is 2. The standard InChI is InChI=1S/C9H14N6/c1-6-7-8(15(2)5-12-7)14-9(13-6)11-4-3-10/h5H,3-4,10H2,1-2H3,(H,11,13,14). The Morgan fingerprint density at radius 3 is 3.00 bits per heavy atom. The van der Waals surface area contributed by atoms with Crippen molar-refractivity contribution in [1.82, 2.24) is 19.5 Å². The lowest BCUT2D eigenvalue weighted by atomic mass is 10.4. The summed E-state index contributed by atoms with van der Waals surface area (Å²) in [5.41, 5.74) is 7.95. The van der Waals surface area contributed by atoms with Crippen molar-refractivity contribution >= 4 is 17.1 Å². The number of rotatable bonds is 3. The van der Waals surface area contributed by atoms with Crippen LogP contribution in [0.3, 0.4) is 0 Å². The molecule has 0 radical (unpaired) electrons. The van der Waals surface area contributed by atoms with E-state index in [1.54, 1.807) is 6.33 Å². The minimum atomic E-state index is 0.561. The van der Waals surface area contributed by atoms with Crippen molar-refractivity contribution < 1.29 is 0 Å². The fourth-order valence-corrected chi connectivity index (χ4v) is 1.41. The highest BCUT2D eigenvalue weighted by Gasteiger charge is 2.07. The highest BCUT2D eigenvalue weighted by Crippen LogP contribution is 2.14. The van der Waals surface area contributed by atoms with Gasteiger partial charge >= 0.3 is 0 Å². The van der Waals surface area contributed by atoms with E-state index in [0.717, 1.165) is 16.9 Å². The van der Waals surface area contributed by atoms with Crippen LogP contribution in [-0.4, -0.2) is 32.6 Å². The molecule has 6 heteroatoms. The summed E-state index contributed by atoms with van der Waals surface area (Å²) >= 11 is 0. The molecule has 0 unspecified atom stereocenters. The Hall–Kier alpha value is -1.69. The molecule has 0 atom stereocenters. The molecule has 15 heavy (non-hydrogen) atoms. The number of nitrogens with zero attached hydrogens (tertiary/aromatic N) is 4. The average Bonchev–Trinajstić information content (AvgIpc) is 2.58. The lowest BCUT2D eigenvalue weighted by Gasteiger charge is -2.04. The monoisotopic (exact) mass is 206 g/mol. The number of nitrogens with two attached hydrogens (primary N) is 1. The van der Waals surface area contributed by atoms with Crippen LogP contribution in [0.4, 0.5) is 5.95 Å². The Morgan fingerprint density at radius 2 is 2.27 bits per heavy atom. The van der Waals surface area contributed by atoms with E-state index in [-0.39, 0.29) is 0 Å². The molecule has 2 aromatic heterocycles. The lowest BCUT2D eigenvalue weighted by molar-refractivity contribution is 0.922. The van der Waals surface area contributed by atoms with Gasteiger partial charge in [-0.15, -0.1) is 0 Å². The van der Waals surface area contributed by atoms with E-state index < -0.39 is 0 Å². The predicted molar refractivity (Wildman–Crippen MR) is 58.6 cm³/mol. The van der Waals surface area contributed by atoms with Crippen molar-refractivity contribution in [1.29, 1.82) is 0 Å². The van der Waals surface area contributed by atoms with Gasteiger partial charge in [0.05, 0.1) is 12.0 Å². The second-order valence-corrected chi connectivity index (χ2v) is 3.38. The minimum Gasteiger partial charge on any atom is -0.353 e. The summed E-state index contributed by atoms with van der Waals surface area (Å²) in [6, 6.07) is 0. The highest BCUT2D eigenvalue weighted by atomic mass is 15.2. The van der Waals surface area contributed by atoms with Crippen LogP contribution in [-0.2, 0) is 7.05 Å². The number of aromatic nitrogens is 4. The first kappa shape index (κ1) is 9.85. The molecule has 2 heterocycles. The molecule has 0 amide bonds. The summed E-state index contributed by atoms with van der Waals surface area (Å²) in [6.45, 7) is 3.15. The molecular formula is C9H14N6. The molecule has 0 aliphatic carbocycles. The first-order chi connectivity index (χ1) is 7.22. The second-order valence-electron chi connectivity index (χ2n) is 3.38. The summed E-state index contributed by atoms with van der Waals surface area (Å²) in [7, 11) is 1.91. The van der Waals surface area contributed by atoms with Crippen LogP contribution in [0.25, 0.3) is 11.2 Å². The largest absolute Gasteiger partial charge is 0.353 e. The van der Waals surface area contributed by atoms with E-state index in [1.807, 2.05) is 18.5 Å². The quantitative estimate of drug-likeness (QED) is 0.741. The maximum absolute atomic E-state index is 5.40. The van der Waals surface area contributed by atoms with E-state index in [4.69, 9.17) is 5.73 Å². The van der Waals surface area contributed by atoms with Crippen molar-refractivity contribution in [2.75, 3.05) is 18.4 Å². The fourth-order valence-electron chi connectivity index (χ4n) is 1.41. The SMILES string of the molecule is Cc1nc(NCCN)nc2c1ncn2C. The summed E-state index contributed by atoms with van der Waals surface area (Å²) in [5, 5.41) is 3.06. The summed E-state index contributed by atoms with van der Waals surface area (Å²) in [5.74, 6) is 0.606. The molecule has 80 valence electrons. The summed E-state index contributed by atoms with van der Waals surface area (Å²) < 4.78 is 1.87. The lowest BCUT2D eigenvalue weighted by Crippen LogP contribution is -2.15. The van der Waals surface area contributed by atoms with Gasteiger partial charge in [0.2, 0.25) is 5.95 Å². The molecule has 0 bridgehead atoms. The molecule has 0 saturated heterocycles. The number of hydrogen-bond donors (Lipinski definition) is 2. The Labute approximate surface area is 87.5 Å². The number of hydrogen-bond acceptors (Lipinski definition) is 5. The second kappa shape index (κ2) is 3.82. The number of anilines is 1. The summed E-state index contributed by atoms with van der Waals surface area (Å²) in [4.78, 5) is 12.9. The van der Waals surface area contributed by atoms with Crippen molar-refractivity contribution in [3.8, 4) is 0 Å². The molecule has 2 aromatic rings. The van der Waals surface area contributed by atoms with Crippen LogP contribution in [0, 0.1) is 6.92 Å². The van der Waals surface area contributed by atoms with Crippen molar-refractivity contribution in [3.05, 3.63) is 12.0 Å². The number of fused-ring (bicyclic) bond motifs is 1. The zero-order valence-corrected chi connectivity index (χ0v) is 8.86. The third-order valence-corrected chi connectivity index (χ3v) is 2.16. The van der Waals surface area contributed by atoms with Gasteiger partial charge in [0, 0.05) is 20.1 Å². The Morgan fingerprint density at radius 1 is 1.47 bits per heavy atom. The Kier molecular flexibility index (Phi) is 2.51. The number of imidazole rings is 1.